The summed E-state index contributed by atoms with van der Waals surface area (Å²) in [6.45, 7) is -3.27. The largest absolute Gasteiger partial charge is 0.394 e. The van der Waals surface area contributed by atoms with Crippen molar-refractivity contribution in [3.8, 4) is 0 Å². The summed E-state index contributed by atoms with van der Waals surface area (Å²) in [7, 11) is 0. The van der Waals surface area contributed by atoms with Crippen LogP contribution in [-0.4, -0.2) is 73.2 Å². The van der Waals surface area contributed by atoms with Crippen molar-refractivity contribution in [2.24, 2.45) is 4.99 Å². The van der Waals surface area contributed by atoms with Crippen molar-refractivity contribution in [3.63, 3.8) is 0 Å². The lowest BCUT2D eigenvalue weighted by atomic mass is 10.1. The Morgan fingerprint density at radius 3 is 2.81 bits per heavy atom. The molecule has 0 aliphatic carbocycles. The first kappa shape index (κ1) is 11.2. The number of rotatable bonds is 5. The van der Waals surface area contributed by atoms with E-state index < -0.39 is 13.1 Å². The minimum atomic E-state index is -3.10. The molecule has 0 radical (unpaired) electrons. The first-order valence-electron chi connectivity index (χ1n) is 12.7. The highest BCUT2D eigenvalue weighted by atomic mass is 32.2. The molecule has 0 atom stereocenters. The van der Waals surface area contributed by atoms with Gasteiger partial charge in [-0.25, -0.2) is 4.99 Å². The maximum Gasteiger partial charge on any atom is 0.137 e. The molecular weight excluding hydrogens is 358 g/mol. The highest BCUT2D eigenvalue weighted by Gasteiger charge is 2.24. The average molecular weight is 392 g/mol. The number of ether oxygens (including phenoxy) is 1. The minimum absolute atomic E-state index is 0.0862. The van der Waals surface area contributed by atoms with E-state index in [1.165, 1.54) is 11.8 Å². The van der Waals surface area contributed by atoms with E-state index in [-0.39, 0.29) is 36.5 Å². The van der Waals surface area contributed by atoms with Gasteiger partial charge in [0.1, 0.15) is 5.84 Å². The quantitative estimate of drug-likeness (QED) is 0.849. The summed E-state index contributed by atoms with van der Waals surface area (Å²) in [6.07, 6.45) is 0. The molecule has 2 aromatic rings. The fourth-order valence-corrected chi connectivity index (χ4v) is 4.08. The number of benzene rings is 2. The van der Waals surface area contributed by atoms with E-state index in [2.05, 4.69) is 4.90 Å². The predicted octanol–water partition coefficient (Wildman–Crippen LogP) is 2.86. The topological polar surface area (TPSA) is 48.3 Å². The third-order valence-corrected chi connectivity index (χ3v) is 5.57. The van der Waals surface area contributed by atoms with E-state index in [9.17, 15) is 5.11 Å². The third-order valence-electron chi connectivity index (χ3n) is 4.49. The maximum absolute atomic E-state index is 9.25. The van der Waals surface area contributed by atoms with Crippen LogP contribution in [0.3, 0.4) is 0 Å². The Bertz CT molecular complexity index is 1150. The zero-order valence-corrected chi connectivity index (χ0v) is 15.5. The molecule has 142 valence electrons. The second-order valence-corrected chi connectivity index (χ2v) is 7.15. The number of aliphatic imine (C=N–C) groups is 1. The number of para-hydroxylation sites is 1. The lowest BCUT2D eigenvalue weighted by Crippen LogP contribution is -2.49. The number of hydrogen-bond donors (Lipinski definition) is 1. The number of hydrogen-bond acceptors (Lipinski definition) is 6. The molecule has 0 unspecified atom stereocenters. The van der Waals surface area contributed by atoms with Crippen LogP contribution < -0.4 is 0 Å². The maximum atomic E-state index is 9.25. The van der Waals surface area contributed by atoms with Gasteiger partial charge in [-0.2, -0.15) is 0 Å². The van der Waals surface area contributed by atoms with Crippen LogP contribution in [0.1, 0.15) is 16.5 Å². The number of aliphatic hydroxyl groups is 1. The Labute approximate surface area is 175 Å². The summed E-state index contributed by atoms with van der Waals surface area (Å²) < 4.78 is 67.0. The van der Waals surface area contributed by atoms with E-state index >= 15 is 0 Å². The van der Waals surface area contributed by atoms with Crippen molar-refractivity contribution in [1.29, 1.82) is 0 Å². The lowest BCUT2D eigenvalue weighted by molar-refractivity contribution is 0.0652. The van der Waals surface area contributed by atoms with Crippen molar-refractivity contribution in [3.05, 3.63) is 54.0 Å². The van der Waals surface area contributed by atoms with E-state index in [1.54, 1.807) is 0 Å². The second kappa shape index (κ2) is 8.89. The van der Waals surface area contributed by atoms with Crippen LogP contribution in [-0.2, 0) is 4.74 Å². The fraction of sp³-hybridized carbons (Fsp3) is 0.381. The molecule has 1 fully saturated rings. The van der Waals surface area contributed by atoms with E-state index in [1.807, 2.05) is 29.2 Å². The highest BCUT2D eigenvalue weighted by molar-refractivity contribution is 7.99. The molecule has 0 spiro atoms. The Morgan fingerprint density at radius 2 is 1.96 bits per heavy atom. The Balaban J connectivity index is 1.54. The van der Waals surface area contributed by atoms with Crippen LogP contribution in [0.15, 0.2) is 63.2 Å². The molecule has 2 aromatic carbocycles. The first-order chi connectivity index (χ1) is 16.4. The van der Waals surface area contributed by atoms with Crippen LogP contribution in [0.4, 0.5) is 5.69 Å². The Morgan fingerprint density at radius 1 is 1.15 bits per heavy atom. The normalized spacial score (nSPS) is 22.4. The summed E-state index contributed by atoms with van der Waals surface area (Å²) in [6, 6.07) is 6.72. The predicted molar refractivity (Wildman–Crippen MR) is 109 cm³/mol. The van der Waals surface area contributed by atoms with E-state index in [4.69, 9.17) is 20.7 Å². The van der Waals surface area contributed by atoms with Gasteiger partial charge >= 0.3 is 0 Å². The molecule has 4 rings (SSSR count). The fourth-order valence-electron chi connectivity index (χ4n) is 3.15. The zero-order valence-electron chi connectivity index (χ0n) is 22.7. The number of piperazine rings is 1. The smallest absolute Gasteiger partial charge is 0.137 e. The first-order valence-corrected chi connectivity index (χ1v) is 9.52. The van der Waals surface area contributed by atoms with Gasteiger partial charge in [0.2, 0.25) is 0 Å². The van der Waals surface area contributed by atoms with Gasteiger partial charge in [-0.1, -0.05) is 42.0 Å². The van der Waals surface area contributed by atoms with Crippen molar-refractivity contribution in [2.75, 3.05) is 52.4 Å². The molecule has 2 aliphatic rings. The van der Waals surface area contributed by atoms with Crippen LogP contribution in [0, 0.1) is 0 Å². The van der Waals surface area contributed by atoms with Crippen LogP contribution in [0.5, 0.6) is 0 Å². The Hall–Kier alpha value is -1.86. The minimum Gasteiger partial charge on any atom is -0.394 e. The molecule has 0 bridgehead atoms. The lowest BCUT2D eigenvalue weighted by Gasteiger charge is -2.36. The SMILES string of the molecule is [2H]c1c([2H])c([2H])c2c(c1[2H])N=C(N1CCN(CCOC([2H])([2H])C([2H])([2H])O)CC1)c1ccccc1S2. The van der Waals surface area contributed by atoms with Crippen molar-refractivity contribution in [2.45, 2.75) is 9.79 Å². The van der Waals surface area contributed by atoms with Gasteiger partial charge in [-0.05, 0) is 18.2 Å². The molecule has 2 aliphatic heterocycles. The summed E-state index contributed by atoms with van der Waals surface area (Å²) in [5.74, 6) is 0.637. The van der Waals surface area contributed by atoms with Gasteiger partial charge in [0, 0.05) is 48.1 Å². The van der Waals surface area contributed by atoms with Gasteiger partial charge in [0.05, 0.1) is 36.4 Å². The molecule has 1 N–H and O–H groups in total. The van der Waals surface area contributed by atoms with Crippen LogP contribution >= 0.6 is 11.8 Å². The standard InChI is InChI=1S/C21H25N3O2S/c25-14-16-26-15-13-23-9-11-24(12-10-23)21-17-5-1-3-7-19(17)27-20-8-4-2-6-18(20)22-21/h1-8,25H,9-16H2/i2D,4D,6D,8D,14D2,16D2. The number of fused-ring (bicyclic) bond motifs is 2. The van der Waals surface area contributed by atoms with Crippen molar-refractivity contribution in [1.82, 2.24) is 9.80 Å². The Kier molecular flexibility index (Phi) is 3.69. The van der Waals surface area contributed by atoms with Gasteiger partial charge in [-0.15, -0.1) is 0 Å². The van der Waals surface area contributed by atoms with Gasteiger partial charge in [0.25, 0.3) is 0 Å². The van der Waals surface area contributed by atoms with Crippen molar-refractivity contribution < 1.29 is 20.8 Å². The molecule has 5 nitrogen and oxygen atoms in total. The molecule has 1 saturated heterocycles. The molecule has 0 saturated carbocycles. The van der Waals surface area contributed by atoms with E-state index in [0.29, 0.717) is 43.5 Å². The molecular formula is C21H25N3O2S. The van der Waals surface area contributed by atoms with Crippen LogP contribution in [0.25, 0.3) is 0 Å². The summed E-state index contributed by atoms with van der Waals surface area (Å²) in [5, 5.41) is 9.25. The number of amidine groups is 1. The molecule has 0 aromatic heterocycles. The molecule has 27 heavy (non-hydrogen) atoms. The number of nitrogens with zero attached hydrogens (tertiary/aromatic N) is 3. The van der Waals surface area contributed by atoms with Crippen molar-refractivity contribution >= 4 is 23.3 Å². The molecule has 2 heterocycles. The zero-order chi connectivity index (χ0) is 25.5. The molecule has 0 amide bonds. The van der Waals surface area contributed by atoms with Crippen LogP contribution in [0.2, 0.25) is 0 Å². The highest BCUT2D eigenvalue weighted by Crippen LogP contribution is 2.40. The average Bonchev–Trinajstić information content (AvgIpc) is 2.98. The monoisotopic (exact) mass is 391 g/mol. The van der Waals surface area contributed by atoms with E-state index in [0.717, 1.165) is 10.5 Å². The summed E-state index contributed by atoms with van der Waals surface area (Å²) in [4.78, 5) is 10.1. The molecule has 6 heteroatoms. The van der Waals surface area contributed by atoms with Gasteiger partial charge in [0.15, 0.2) is 0 Å². The third kappa shape index (κ3) is 4.35. The summed E-state index contributed by atoms with van der Waals surface area (Å²) in [5.41, 5.74) is 1.07. The summed E-state index contributed by atoms with van der Waals surface area (Å²) >= 11 is 1.28. The second-order valence-electron chi connectivity index (χ2n) is 6.10. The van der Waals surface area contributed by atoms with Gasteiger partial charge < -0.3 is 14.7 Å². The van der Waals surface area contributed by atoms with Gasteiger partial charge in [-0.3, -0.25) is 4.90 Å².